The summed E-state index contributed by atoms with van der Waals surface area (Å²) in [4.78, 5) is 22.6. The SMILES string of the molecule is CC(C)c1ccc(OC(=O)/C=C/c2cc3c(cc2[N+](=O)[O-])OCO3)cc1. The third-order valence-corrected chi connectivity index (χ3v) is 3.88. The fraction of sp³-hybridized carbons (Fsp3) is 0.211. The van der Waals surface area contributed by atoms with E-state index in [0.717, 1.165) is 11.6 Å². The van der Waals surface area contributed by atoms with E-state index in [9.17, 15) is 14.9 Å². The van der Waals surface area contributed by atoms with Crippen LogP contribution in [-0.4, -0.2) is 17.7 Å². The largest absolute Gasteiger partial charge is 0.454 e. The molecule has 0 atom stereocenters. The lowest BCUT2D eigenvalue weighted by atomic mass is 10.0. The molecule has 0 spiro atoms. The molecule has 1 aliphatic heterocycles. The van der Waals surface area contributed by atoms with Gasteiger partial charge in [-0.15, -0.1) is 0 Å². The van der Waals surface area contributed by atoms with Gasteiger partial charge in [0.05, 0.1) is 16.6 Å². The highest BCUT2D eigenvalue weighted by molar-refractivity contribution is 5.89. The van der Waals surface area contributed by atoms with Crippen LogP contribution in [0.4, 0.5) is 5.69 Å². The second-order valence-corrected chi connectivity index (χ2v) is 6.00. The molecule has 7 heteroatoms. The number of benzene rings is 2. The third-order valence-electron chi connectivity index (χ3n) is 3.88. The molecule has 134 valence electrons. The predicted molar refractivity (Wildman–Crippen MR) is 94.4 cm³/mol. The maximum Gasteiger partial charge on any atom is 0.336 e. The zero-order valence-electron chi connectivity index (χ0n) is 14.3. The summed E-state index contributed by atoms with van der Waals surface area (Å²) in [5.74, 6) is 0.860. The highest BCUT2D eigenvalue weighted by Crippen LogP contribution is 2.38. The van der Waals surface area contributed by atoms with Crippen LogP contribution in [0.15, 0.2) is 42.5 Å². The van der Waals surface area contributed by atoms with Crippen LogP contribution >= 0.6 is 0 Å². The Hall–Kier alpha value is -3.35. The molecule has 0 amide bonds. The summed E-state index contributed by atoms with van der Waals surface area (Å²) in [5.41, 5.74) is 1.18. The van der Waals surface area contributed by atoms with Gasteiger partial charge in [-0.2, -0.15) is 0 Å². The summed E-state index contributed by atoms with van der Waals surface area (Å²) in [6.45, 7) is 4.15. The van der Waals surface area contributed by atoms with Crippen molar-refractivity contribution in [3.8, 4) is 17.2 Å². The number of esters is 1. The van der Waals surface area contributed by atoms with E-state index in [2.05, 4.69) is 13.8 Å². The molecule has 0 bridgehead atoms. The van der Waals surface area contributed by atoms with Crippen LogP contribution in [-0.2, 0) is 4.79 Å². The monoisotopic (exact) mass is 355 g/mol. The van der Waals surface area contributed by atoms with E-state index in [-0.39, 0.29) is 18.0 Å². The summed E-state index contributed by atoms with van der Waals surface area (Å²) in [6.07, 6.45) is 2.46. The van der Waals surface area contributed by atoms with Gasteiger partial charge < -0.3 is 14.2 Å². The molecule has 3 rings (SSSR count). The van der Waals surface area contributed by atoms with Gasteiger partial charge in [0.1, 0.15) is 5.75 Å². The van der Waals surface area contributed by atoms with Gasteiger partial charge in [-0.3, -0.25) is 10.1 Å². The number of nitro groups is 1. The van der Waals surface area contributed by atoms with Crippen LogP contribution in [0.25, 0.3) is 6.08 Å². The van der Waals surface area contributed by atoms with Crippen LogP contribution < -0.4 is 14.2 Å². The van der Waals surface area contributed by atoms with Gasteiger partial charge >= 0.3 is 5.97 Å². The minimum Gasteiger partial charge on any atom is -0.454 e. The van der Waals surface area contributed by atoms with Gasteiger partial charge in [0.15, 0.2) is 11.5 Å². The van der Waals surface area contributed by atoms with Crippen LogP contribution in [0.3, 0.4) is 0 Å². The lowest BCUT2D eigenvalue weighted by Gasteiger charge is -2.06. The van der Waals surface area contributed by atoms with E-state index in [1.54, 1.807) is 12.1 Å². The topological polar surface area (TPSA) is 87.9 Å². The Bertz CT molecular complexity index is 870. The van der Waals surface area contributed by atoms with Crippen molar-refractivity contribution >= 4 is 17.7 Å². The van der Waals surface area contributed by atoms with Crippen LogP contribution in [0.5, 0.6) is 17.2 Å². The number of rotatable bonds is 5. The van der Waals surface area contributed by atoms with Crippen molar-refractivity contribution in [2.75, 3.05) is 6.79 Å². The molecule has 1 aliphatic rings. The summed E-state index contributed by atoms with van der Waals surface area (Å²) in [6, 6.07) is 9.94. The molecule has 0 unspecified atom stereocenters. The molecule has 0 N–H and O–H groups in total. The molecule has 1 heterocycles. The average Bonchev–Trinajstić information content (AvgIpc) is 3.06. The fourth-order valence-corrected chi connectivity index (χ4v) is 2.47. The van der Waals surface area contributed by atoms with Crippen LogP contribution in [0.1, 0.15) is 30.9 Å². The predicted octanol–water partition coefficient (Wildman–Crippen LogP) is 4.07. The van der Waals surface area contributed by atoms with Crippen molar-refractivity contribution in [1.82, 2.24) is 0 Å². The second kappa shape index (κ2) is 7.26. The number of ether oxygens (including phenoxy) is 3. The zero-order chi connectivity index (χ0) is 18.7. The lowest BCUT2D eigenvalue weighted by Crippen LogP contribution is -2.04. The molecule has 0 saturated carbocycles. The van der Waals surface area contributed by atoms with E-state index in [4.69, 9.17) is 14.2 Å². The quantitative estimate of drug-likeness (QED) is 0.264. The van der Waals surface area contributed by atoms with Gasteiger partial charge in [-0.25, -0.2) is 4.79 Å². The summed E-state index contributed by atoms with van der Waals surface area (Å²) in [5, 5.41) is 11.2. The Morgan fingerprint density at radius 2 is 1.85 bits per heavy atom. The van der Waals surface area contributed by atoms with E-state index in [0.29, 0.717) is 23.2 Å². The van der Waals surface area contributed by atoms with Crippen LogP contribution in [0.2, 0.25) is 0 Å². The number of carbonyl (C=O) groups is 1. The van der Waals surface area contributed by atoms with Gasteiger partial charge in [0.2, 0.25) is 6.79 Å². The van der Waals surface area contributed by atoms with Crippen molar-refractivity contribution in [3.63, 3.8) is 0 Å². The number of nitrogens with zero attached hydrogens (tertiary/aromatic N) is 1. The van der Waals surface area contributed by atoms with E-state index in [1.165, 1.54) is 18.2 Å². The Kier molecular flexibility index (Phi) is 4.88. The first kappa shape index (κ1) is 17.5. The number of hydrogen-bond donors (Lipinski definition) is 0. The van der Waals surface area contributed by atoms with E-state index in [1.807, 2.05) is 12.1 Å². The Balaban J connectivity index is 1.75. The first-order chi connectivity index (χ1) is 12.4. The molecule has 26 heavy (non-hydrogen) atoms. The Morgan fingerprint density at radius 1 is 1.19 bits per heavy atom. The number of fused-ring (bicyclic) bond motifs is 1. The number of carbonyl (C=O) groups excluding carboxylic acids is 1. The van der Waals surface area contributed by atoms with Gasteiger partial charge in [-0.1, -0.05) is 26.0 Å². The molecule has 0 aliphatic carbocycles. The highest BCUT2D eigenvalue weighted by Gasteiger charge is 2.22. The molecule has 0 saturated heterocycles. The van der Waals surface area contributed by atoms with Crippen molar-refractivity contribution in [1.29, 1.82) is 0 Å². The molecule has 2 aromatic rings. The number of hydrogen-bond acceptors (Lipinski definition) is 6. The standard InChI is InChI=1S/C19H17NO6/c1-12(2)13-3-6-15(7-4-13)26-19(21)8-5-14-9-17-18(25-11-24-17)10-16(14)20(22)23/h3-10,12H,11H2,1-2H3/b8-5+. The van der Waals surface area contributed by atoms with Crippen molar-refractivity contribution in [2.24, 2.45) is 0 Å². The van der Waals surface area contributed by atoms with E-state index < -0.39 is 10.9 Å². The normalized spacial score (nSPS) is 12.6. The van der Waals surface area contributed by atoms with Gasteiger partial charge in [-0.05, 0) is 35.8 Å². The zero-order valence-corrected chi connectivity index (χ0v) is 14.3. The minimum atomic E-state index is -0.630. The van der Waals surface area contributed by atoms with Crippen LogP contribution in [0, 0.1) is 10.1 Å². The summed E-state index contributed by atoms with van der Waals surface area (Å²) >= 11 is 0. The van der Waals surface area contributed by atoms with Crippen molar-refractivity contribution < 1.29 is 23.9 Å². The maximum atomic E-state index is 12.0. The lowest BCUT2D eigenvalue weighted by molar-refractivity contribution is -0.385. The summed E-state index contributed by atoms with van der Waals surface area (Å²) < 4.78 is 15.6. The molecular weight excluding hydrogens is 338 g/mol. The molecule has 7 nitrogen and oxygen atoms in total. The Morgan fingerprint density at radius 3 is 2.46 bits per heavy atom. The number of nitro benzene ring substituents is 1. The first-order valence-electron chi connectivity index (χ1n) is 8.02. The Labute approximate surface area is 150 Å². The van der Waals surface area contributed by atoms with E-state index >= 15 is 0 Å². The first-order valence-corrected chi connectivity index (χ1v) is 8.02. The fourth-order valence-electron chi connectivity index (χ4n) is 2.47. The molecular formula is C19H17NO6. The average molecular weight is 355 g/mol. The second-order valence-electron chi connectivity index (χ2n) is 6.00. The van der Waals surface area contributed by atoms with Gasteiger partial charge in [0, 0.05) is 6.08 Å². The van der Waals surface area contributed by atoms with Crippen molar-refractivity contribution in [3.05, 3.63) is 63.7 Å². The van der Waals surface area contributed by atoms with Crippen molar-refractivity contribution in [2.45, 2.75) is 19.8 Å². The molecule has 2 aromatic carbocycles. The minimum absolute atomic E-state index is 0.00801. The smallest absolute Gasteiger partial charge is 0.336 e. The van der Waals surface area contributed by atoms with Gasteiger partial charge in [0.25, 0.3) is 5.69 Å². The highest BCUT2D eigenvalue weighted by atomic mass is 16.7. The maximum absolute atomic E-state index is 12.0. The summed E-state index contributed by atoms with van der Waals surface area (Å²) in [7, 11) is 0. The molecule has 0 radical (unpaired) electrons. The molecule has 0 aromatic heterocycles. The molecule has 0 fully saturated rings. The third kappa shape index (κ3) is 3.83.